The van der Waals surface area contributed by atoms with E-state index in [1.54, 1.807) is 13.8 Å². The molecule has 2 heterocycles. The summed E-state index contributed by atoms with van der Waals surface area (Å²) in [5, 5.41) is 46.8. The number of ether oxygens (including phenoxy) is 2. The Balaban J connectivity index is 1.35. The van der Waals surface area contributed by atoms with Gasteiger partial charge in [-0.15, -0.1) is 0 Å². The third kappa shape index (κ3) is 6.34. The highest BCUT2D eigenvalue weighted by Gasteiger charge is 2.46. The van der Waals surface area contributed by atoms with Crippen molar-refractivity contribution in [3.8, 4) is 5.69 Å². The first-order valence-electron chi connectivity index (χ1n) is 14.5. The Morgan fingerprint density at radius 3 is 2.43 bits per heavy atom. The average molecular weight is 627 g/mol. The van der Waals surface area contributed by atoms with Gasteiger partial charge < -0.3 is 41.0 Å². The zero-order valence-corrected chi connectivity index (χ0v) is 24.3. The number of carbonyl (C=O) groups excluding carboxylic acids is 2. The second-order valence-electron chi connectivity index (χ2n) is 12.6. The van der Waals surface area contributed by atoms with Crippen LogP contribution in [0.1, 0.15) is 78.1 Å². The predicted molar refractivity (Wildman–Crippen MR) is 148 cm³/mol. The number of aliphatic hydroxyl groups is 4. The summed E-state index contributed by atoms with van der Waals surface area (Å²) in [6.07, 6.45) is -9.95. The van der Waals surface area contributed by atoms with Gasteiger partial charge >= 0.3 is 6.18 Å². The fourth-order valence-corrected chi connectivity index (χ4v) is 6.29. The minimum absolute atomic E-state index is 0.0367. The maximum Gasteiger partial charge on any atom is 0.435 e. The predicted octanol–water partition coefficient (Wildman–Crippen LogP) is 1.68. The number of aromatic nitrogens is 2. The molecule has 12 nitrogen and oxygen atoms in total. The zero-order valence-electron chi connectivity index (χ0n) is 24.3. The molecule has 2 fully saturated rings. The number of anilines is 1. The quantitative estimate of drug-likeness (QED) is 0.264. The lowest BCUT2D eigenvalue weighted by Gasteiger charge is -2.41. The summed E-state index contributed by atoms with van der Waals surface area (Å²) in [5.41, 5.74) is 4.18. The number of primary amides is 1. The van der Waals surface area contributed by atoms with Crippen molar-refractivity contribution < 1.29 is 52.7 Å². The first-order valence-corrected chi connectivity index (χ1v) is 14.5. The number of fused-ring (bicyclic) bond motifs is 1. The molecule has 242 valence electrons. The summed E-state index contributed by atoms with van der Waals surface area (Å²) < 4.78 is 54.2. The van der Waals surface area contributed by atoms with Crippen molar-refractivity contribution in [2.45, 2.75) is 101 Å². The average Bonchev–Trinajstić information content (AvgIpc) is 3.33. The van der Waals surface area contributed by atoms with Crippen molar-refractivity contribution >= 4 is 17.4 Å². The highest BCUT2D eigenvalue weighted by atomic mass is 19.4. The molecule has 0 bridgehead atoms. The first-order chi connectivity index (χ1) is 20.6. The van der Waals surface area contributed by atoms with Gasteiger partial charge in [-0.25, -0.2) is 4.68 Å². The number of nitrogens with two attached hydrogens (primary N) is 1. The van der Waals surface area contributed by atoms with Crippen LogP contribution in [0.3, 0.4) is 0 Å². The molecular formula is C29H37F3N4O8. The van der Waals surface area contributed by atoms with Crippen LogP contribution in [0.4, 0.5) is 18.9 Å². The number of hydrogen-bond acceptors (Lipinski definition) is 10. The molecule has 1 aromatic carbocycles. The zero-order chi connectivity index (χ0) is 32.1. The molecule has 5 atom stereocenters. The van der Waals surface area contributed by atoms with Crippen LogP contribution in [0, 0.1) is 5.41 Å². The third-order valence-corrected chi connectivity index (χ3v) is 8.54. The van der Waals surface area contributed by atoms with Crippen molar-refractivity contribution in [1.29, 1.82) is 0 Å². The van der Waals surface area contributed by atoms with Crippen molar-refractivity contribution in [2.75, 3.05) is 11.9 Å². The van der Waals surface area contributed by atoms with Crippen molar-refractivity contribution in [1.82, 2.24) is 9.78 Å². The lowest BCUT2D eigenvalue weighted by Crippen LogP contribution is -2.59. The Kier molecular flexibility index (Phi) is 8.83. The van der Waals surface area contributed by atoms with Crippen LogP contribution in [0.15, 0.2) is 18.2 Å². The number of ketones is 1. The van der Waals surface area contributed by atoms with Gasteiger partial charge in [0.1, 0.15) is 24.4 Å². The van der Waals surface area contributed by atoms with E-state index in [4.69, 9.17) is 15.2 Å². The molecule has 1 aliphatic heterocycles. The summed E-state index contributed by atoms with van der Waals surface area (Å²) in [6.45, 7) is 3.04. The molecule has 2 aromatic rings. The van der Waals surface area contributed by atoms with Gasteiger partial charge in [0.25, 0.3) is 5.91 Å². The summed E-state index contributed by atoms with van der Waals surface area (Å²) in [5.74, 6) is -1.36. The number of alkyl halides is 3. The molecule has 0 unspecified atom stereocenters. The van der Waals surface area contributed by atoms with Gasteiger partial charge in [0.2, 0.25) is 0 Å². The monoisotopic (exact) mass is 626 g/mol. The molecule has 5 rings (SSSR count). The van der Waals surface area contributed by atoms with Crippen LogP contribution in [0.25, 0.3) is 5.69 Å². The number of amides is 1. The van der Waals surface area contributed by atoms with E-state index in [1.165, 1.54) is 18.2 Å². The van der Waals surface area contributed by atoms with E-state index in [0.29, 0.717) is 31.4 Å². The number of benzene rings is 1. The maximum absolute atomic E-state index is 13.9. The van der Waals surface area contributed by atoms with Crippen LogP contribution < -0.4 is 11.1 Å². The van der Waals surface area contributed by atoms with E-state index < -0.39 is 71.9 Å². The minimum atomic E-state index is -4.84. The van der Waals surface area contributed by atoms with Gasteiger partial charge in [0.15, 0.2) is 17.8 Å². The van der Waals surface area contributed by atoms with Crippen molar-refractivity contribution in [2.24, 2.45) is 11.1 Å². The number of nitrogens with zero attached hydrogens (tertiary/aromatic N) is 2. The molecule has 0 radical (unpaired) electrons. The molecule has 2 aliphatic carbocycles. The van der Waals surface area contributed by atoms with E-state index in [2.05, 4.69) is 10.4 Å². The van der Waals surface area contributed by atoms with Gasteiger partial charge in [-0.05, 0) is 55.7 Å². The highest BCUT2D eigenvalue weighted by molar-refractivity contribution is 6.00. The highest BCUT2D eigenvalue weighted by Crippen LogP contribution is 2.42. The van der Waals surface area contributed by atoms with Gasteiger partial charge in [-0.3, -0.25) is 9.59 Å². The summed E-state index contributed by atoms with van der Waals surface area (Å²) in [7, 11) is 0. The first kappa shape index (κ1) is 32.3. The van der Waals surface area contributed by atoms with Crippen LogP contribution in [-0.2, 0) is 22.1 Å². The standard InChI is InChI=1S/C29H37F3N4O8/c1-28(2)10-18-21(19(38)11-28)25(29(30,31)32)35-36(18)14-5-8-16(26(33)42)17(9-14)34-13-3-6-15(7-4-13)43-27-24(41)23(40)22(39)20(12-37)44-27/h5,8-9,13,15,20,22-24,27,34,37,39-41H,3-4,6-7,10-12H2,1-2H3,(H2,33,42)/t13-,15-,20-,22+,23+,24-,27-/m1/s1. The maximum atomic E-state index is 13.9. The number of carbonyl (C=O) groups is 2. The lowest BCUT2D eigenvalue weighted by atomic mass is 9.75. The van der Waals surface area contributed by atoms with E-state index in [-0.39, 0.29) is 41.9 Å². The lowest BCUT2D eigenvalue weighted by molar-refractivity contribution is -0.313. The Morgan fingerprint density at radius 2 is 1.82 bits per heavy atom. The van der Waals surface area contributed by atoms with E-state index in [0.717, 1.165) is 4.68 Å². The topological polar surface area (TPSA) is 189 Å². The summed E-state index contributed by atoms with van der Waals surface area (Å²) in [6, 6.07) is 4.16. The van der Waals surface area contributed by atoms with Gasteiger partial charge in [0, 0.05) is 18.2 Å². The Labute approximate surface area is 250 Å². The fraction of sp³-hybridized carbons (Fsp3) is 0.621. The number of aliphatic hydroxyl groups excluding tert-OH is 4. The molecule has 1 amide bonds. The molecule has 1 aromatic heterocycles. The van der Waals surface area contributed by atoms with Crippen molar-refractivity contribution in [3.05, 3.63) is 40.7 Å². The molecular weight excluding hydrogens is 589 g/mol. The van der Waals surface area contributed by atoms with Crippen LogP contribution in [0.5, 0.6) is 0 Å². The van der Waals surface area contributed by atoms with E-state index in [9.17, 15) is 43.2 Å². The molecule has 7 N–H and O–H groups in total. The van der Waals surface area contributed by atoms with E-state index in [1.807, 2.05) is 0 Å². The summed E-state index contributed by atoms with van der Waals surface area (Å²) in [4.78, 5) is 25.1. The summed E-state index contributed by atoms with van der Waals surface area (Å²) >= 11 is 0. The number of nitrogens with one attached hydrogen (secondary N) is 1. The van der Waals surface area contributed by atoms with Gasteiger partial charge in [-0.1, -0.05) is 13.8 Å². The van der Waals surface area contributed by atoms with Crippen LogP contribution in [-0.4, -0.2) is 91.4 Å². The Bertz CT molecular complexity index is 1400. The Hall–Kier alpha value is -3.08. The fourth-order valence-electron chi connectivity index (χ4n) is 6.29. The SMILES string of the molecule is CC1(C)CC(=O)c2c(C(F)(F)F)nn(-c3ccc(C(N)=O)c(N[C@H]4CC[C@H](O[C@@H]5O[C@H](CO)[C@H](O)[C@H](O)[C@H]5O)CC4)c3)c2C1. The number of rotatable bonds is 7. The number of halogens is 3. The van der Waals surface area contributed by atoms with Gasteiger partial charge in [0.05, 0.1) is 35.2 Å². The van der Waals surface area contributed by atoms with Crippen LogP contribution in [0.2, 0.25) is 0 Å². The second-order valence-corrected chi connectivity index (χ2v) is 12.6. The molecule has 1 saturated heterocycles. The third-order valence-electron chi connectivity index (χ3n) is 8.54. The largest absolute Gasteiger partial charge is 0.435 e. The molecule has 44 heavy (non-hydrogen) atoms. The molecule has 1 saturated carbocycles. The smallest absolute Gasteiger partial charge is 0.394 e. The van der Waals surface area contributed by atoms with E-state index >= 15 is 0 Å². The minimum Gasteiger partial charge on any atom is -0.394 e. The molecule has 15 heteroatoms. The second kappa shape index (κ2) is 12.0. The van der Waals surface area contributed by atoms with Gasteiger partial charge in [-0.2, -0.15) is 18.3 Å². The normalized spacial score (nSPS) is 30.6. The van der Waals surface area contributed by atoms with Crippen molar-refractivity contribution in [3.63, 3.8) is 0 Å². The van der Waals surface area contributed by atoms with Crippen LogP contribution >= 0.6 is 0 Å². The number of Topliss-reactive ketones (excluding diaryl/α,β-unsaturated/α-hetero) is 1. The molecule has 3 aliphatic rings. The Morgan fingerprint density at radius 1 is 1.14 bits per heavy atom. The number of hydrogen-bond donors (Lipinski definition) is 6. The molecule has 0 spiro atoms.